The minimum Gasteiger partial charge on any atom is -0.391 e. The quantitative estimate of drug-likeness (QED) is 0.603. The minimum atomic E-state index is -0.481. The lowest BCUT2D eigenvalue weighted by Gasteiger charge is -2.24. The number of rotatable bonds is 7. The van der Waals surface area contributed by atoms with E-state index in [9.17, 15) is 9.90 Å². The molecular formula is C12H26N2O3. The molecule has 0 aromatic heterocycles. The fraction of sp³-hybridized carbons (Fsp3) is 0.917. The first-order valence-electron chi connectivity index (χ1n) is 5.98. The van der Waals surface area contributed by atoms with Crippen LogP contribution >= 0.6 is 0 Å². The van der Waals surface area contributed by atoms with Crippen molar-refractivity contribution in [3.05, 3.63) is 0 Å². The van der Waals surface area contributed by atoms with Crippen LogP contribution in [0.3, 0.4) is 0 Å². The van der Waals surface area contributed by atoms with Crippen LogP contribution in [0.15, 0.2) is 0 Å². The van der Waals surface area contributed by atoms with Gasteiger partial charge >= 0.3 is 0 Å². The van der Waals surface area contributed by atoms with Crippen LogP contribution in [0.5, 0.6) is 0 Å². The smallest absolute Gasteiger partial charge is 0.237 e. The maximum absolute atomic E-state index is 11.7. The largest absolute Gasteiger partial charge is 0.391 e. The summed E-state index contributed by atoms with van der Waals surface area (Å²) in [6.45, 7) is 8.55. The number of nitrogens with one attached hydrogen (secondary N) is 2. The van der Waals surface area contributed by atoms with Crippen molar-refractivity contribution in [1.29, 1.82) is 0 Å². The first kappa shape index (κ1) is 16.4. The molecule has 5 nitrogen and oxygen atoms in total. The molecule has 2 atom stereocenters. The Hall–Kier alpha value is -0.650. The van der Waals surface area contributed by atoms with Gasteiger partial charge in [0, 0.05) is 12.6 Å². The zero-order chi connectivity index (χ0) is 13.5. The third kappa shape index (κ3) is 9.09. The zero-order valence-corrected chi connectivity index (χ0v) is 11.5. The Kier molecular flexibility index (Phi) is 7.34. The van der Waals surface area contributed by atoms with E-state index in [0.717, 1.165) is 0 Å². The summed E-state index contributed by atoms with van der Waals surface area (Å²) in [4.78, 5) is 11.7. The van der Waals surface area contributed by atoms with Gasteiger partial charge < -0.3 is 20.5 Å². The Balaban J connectivity index is 3.78. The highest BCUT2D eigenvalue weighted by atomic mass is 16.5. The summed E-state index contributed by atoms with van der Waals surface area (Å²) in [5.74, 6) is -0.0290. The van der Waals surface area contributed by atoms with E-state index in [2.05, 4.69) is 10.6 Å². The van der Waals surface area contributed by atoms with Crippen molar-refractivity contribution in [2.75, 3.05) is 20.3 Å². The molecule has 0 aliphatic carbocycles. The van der Waals surface area contributed by atoms with E-state index in [1.54, 1.807) is 7.11 Å². The van der Waals surface area contributed by atoms with E-state index < -0.39 is 6.10 Å². The molecule has 0 aromatic carbocycles. The molecule has 0 rings (SSSR count). The van der Waals surface area contributed by atoms with Gasteiger partial charge in [0.15, 0.2) is 0 Å². The van der Waals surface area contributed by atoms with Crippen molar-refractivity contribution in [3.8, 4) is 0 Å². The number of aliphatic hydroxyl groups excluding tert-OH is 1. The second kappa shape index (κ2) is 7.63. The average molecular weight is 246 g/mol. The monoisotopic (exact) mass is 246 g/mol. The van der Waals surface area contributed by atoms with Gasteiger partial charge in [0.25, 0.3) is 0 Å². The van der Waals surface area contributed by atoms with Gasteiger partial charge in [-0.3, -0.25) is 4.79 Å². The fourth-order valence-corrected chi connectivity index (χ4v) is 1.31. The second-order valence-corrected chi connectivity index (χ2v) is 5.31. The van der Waals surface area contributed by atoms with E-state index in [0.29, 0.717) is 19.6 Å². The lowest BCUT2D eigenvalue weighted by Crippen LogP contribution is -2.49. The highest BCUT2D eigenvalue weighted by molar-refractivity contribution is 5.81. The Labute approximate surface area is 104 Å². The van der Waals surface area contributed by atoms with Gasteiger partial charge in [-0.15, -0.1) is 0 Å². The summed E-state index contributed by atoms with van der Waals surface area (Å²) < 4.78 is 4.82. The van der Waals surface area contributed by atoms with Gasteiger partial charge in [-0.2, -0.15) is 0 Å². The lowest BCUT2D eigenvalue weighted by atomic mass is 10.1. The highest BCUT2D eigenvalue weighted by Crippen LogP contribution is 1.99. The molecule has 0 saturated carbocycles. The molecule has 2 unspecified atom stereocenters. The summed E-state index contributed by atoms with van der Waals surface area (Å²) in [6.07, 6.45) is 0.0893. The summed E-state index contributed by atoms with van der Waals surface area (Å²) in [7, 11) is 1.55. The summed E-state index contributed by atoms with van der Waals surface area (Å²) >= 11 is 0. The van der Waals surface area contributed by atoms with Crippen molar-refractivity contribution in [2.45, 2.75) is 51.8 Å². The SMILES string of the molecule is COCC(O)CCNC(C)C(=O)NC(C)(C)C. The number of carbonyl (C=O) groups excluding carboxylic acids is 1. The van der Waals surface area contributed by atoms with Crippen LogP contribution in [0, 0.1) is 0 Å². The molecule has 0 saturated heterocycles. The van der Waals surface area contributed by atoms with Crippen LogP contribution in [0.1, 0.15) is 34.1 Å². The Morgan fingerprint density at radius 2 is 2.00 bits per heavy atom. The Morgan fingerprint density at radius 3 is 2.47 bits per heavy atom. The van der Waals surface area contributed by atoms with Crippen molar-refractivity contribution in [2.24, 2.45) is 0 Å². The minimum absolute atomic E-state index is 0.0290. The van der Waals surface area contributed by atoms with E-state index in [-0.39, 0.29) is 17.5 Å². The highest BCUT2D eigenvalue weighted by Gasteiger charge is 2.18. The second-order valence-electron chi connectivity index (χ2n) is 5.31. The maximum atomic E-state index is 11.7. The molecule has 102 valence electrons. The first-order chi connectivity index (χ1) is 7.76. The molecule has 0 radical (unpaired) electrons. The molecule has 0 fully saturated rings. The molecule has 17 heavy (non-hydrogen) atoms. The number of hydrogen-bond donors (Lipinski definition) is 3. The number of amides is 1. The lowest BCUT2D eigenvalue weighted by molar-refractivity contribution is -0.124. The topological polar surface area (TPSA) is 70.6 Å². The normalized spacial score (nSPS) is 15.4. The van der Waals surface area contributed by atoms with Gasteiger partial charge in [-0.25, -0.2) is 0 Å². The van der Waals surface area contributed by atoms with Gasteiger partial charge in [0.2, 0.25) is 5.91 Å². The molecule has 0 bridgehead atoms. The Morgan fingerprint density at radius 1 is 1.41 bits per heavy atom. The number of carbonyl (C=O) groups is 1. The van der Waals surface area contributed by atoms with Crippen LogP contribution in [-0.2, 0) is 9.53 Å². The molecule has 0 heterocycles. The zero-order valence-electron chi connectivity index (χ0n) is 11.5. The fourth-order valence-electron chi connectivity index (χ4n) is 1.31. The molecular weight excluding hydrogens is 220 g/mol. The number of ether oxygens (including phenoxy) is 1. The van der Waals surface area contributed by atoms with Crippen LogP contribution < -0.4 is 10.6 Å². The molecule has 0 aromatic rings. The summed E-state index contributed by atoms with van der Waals surface area (Å²) in [5, 5.41) is 15.4. The number of methoxy groups -OCH3 is 1. The summed E-state index contributed by atoms with van der Waals surface area (Å²) in [5.41, 5.74) is -0.220. The van der Waals surface area contributed by atoms with Crippen molar-refractivity contribution in [1.82, 2.24) is 10.6 Å². The van der Waals surface area contributed by atoms with Crippen LogP contribution in [-0.4, -0.2) is 49.0 Å². The van der Waals surface area contributed by atoms with Gasteiger partial charge in [0.05, 0.1) is 18.8 Å². The standard InChI is InChI=1S/C12H26N2O3/c1-9(11(16)14-12(2,3)4)13-7-6-10(15)8-17-5/h9-10,13,15H,6-8H2,1-5H3,(H,14,16). The third-order valence-electron chi connectivity index (χ3n) is 2.18. The molecule has 5 heteroatoms. The van der Waals surface area contributed by atoms with Gasteiger partial charge in [-0.1, -0.05) is 0 Å². The predicted molar refractivity (Wildman–Crippen MR) is 67.9 cm³/mol. The van der Waals surface area contributed by atoms with E-state index in [4.69, 9.17) is 4.74 Å². The Bertz CT molecular complexity index is 226. The number of hydrogen-bond acceptors (Lipinski definition) is 4. The van der Waals surface area contributed by atoms with Crippen molar-refractivity contribution >= 4 is 5.91 Å². The van der Waals surface area contributed by atoms with Crippen molar-refractivity contribution < 1.29 is 14.6 Å². The molecule has 1 amide bonds. The third-order valence-corrected chi connectivity index (χ3v) is 2.18. The summed E-state index contributed by atoms with van der Waals surface area (Å²) in [6, 6.07) is -0.260. The molecule has 3 N–H and O–H groups in total. The maximum Gasteiger partial charge on any atom is 0.237 e. The predicted octanol–water partition coefficient (Wildman–Crippen LogP) is 0.277. The van der Waals surface area contributed by atoms with E-state index in [1.165, 1.54) is 0 Å². The van der Waals surface area contributed by atoms with Crippen LogP contribution in [0.2, 0.25) is 0 Å². The van der Waals surface area contributed by atoms with Gasteiger partial charge in [0.1, 0.15) is 0 Å². The van der Waals surface area contributed by atoms with Crippen LogP contribution in [0.4, 0.5) is 0 Å². The van der Waals surface area contributed by atoms with E-state index in [1.807, 2.05) is 27.7 Å². The van der Waals surface area contributed by atoms with Crippen LogP contribution in [0.25, 0.3) is 0 Å². The van der Waals surface area contributed by atoms with Crippen molar-refractivity contribution in [3.63, 3.8) is 0 Å². The molecule has 0 aliphatic rings. The van der Waals surface area contributed by atoms with Gasteiger partial charge in [-0.05, 0) is 40.7 Å². The first-order valence-corrected chi connectivity index (χ1v) is 5.98. The average Bonchev–Trinajstić information content (AvgIpc) is 2.15. The molecule has 0 aliphatic heterocycles. The number of aliphatic hydroxyl groups is 1. The molecule has 0 spiro atoms. The van der Waals surface area contributed by atoms with E-state index >= 15 is 0 Å².